The molecule has 0 fully saturated rings. The number of fused-ring (bicyclic) bond motifs is 4. The van der Waals surface area contributed by atoms with Crippen LogP contribution in [0.4, 0.5) is 0 Å². The van der Waals surface area contributed by atoms with E-state index >= 15 is 0 Å². The Labute approximate surface area is 233 Å². The molecule has 0 saturated carbocycles. The standard InChI is InChI=1S/C32H27NO8/c1-16(2)15-33-22-10-9-19(39-3)11-18(22)12-21(32(33)38)20-13-25(35)41-31-26(20)30-27(28(36)29(31)37)23(34)14-24(40-30)17-7-5-4-6-8-17/h4-12,14,16,20,36-37H,13,15H2,1-3H3/t20-/m0/s1. The molecule has 5 aromatic rings. The summed E-state index contributed by atoms with van der Waals surface area (Å²) in [7, 11) is 1.55. The van der Waals surface area contributed by atoms with Gasteiger partial charge in [-0.1, -0.05) is 44.2 Å². The van der Waals surface area contributed by atoms with Crippen molar-refractivity contribution in [2.75, 3.05) is 7.11 Å². The molecule has 0 unspecified atom stereocenters. The first kappa shape index (κ1) is 26.2. The molecule has 1 aliphatic heterocycles. The van der Waals surface area contributed by atoms with Crippen molar-refractivity contribution in [3.05, 3.63) is 92.4 Å². The maximum atomic E-state index is 14.1. The second-order valence-corrected chi connectivity index (χ2v) is 10.5. The number of phenols is 2. The Morgan fingerprint density at radius 3 is 2.46 bits per heavy atom. The number of carbonyl (C=O) groups excluding carboxylic acids is 1. The first-order valence-electron chi connectivity index (χ1n) is 13.2. The van der Waals surface area contributed by atoms with Gasteiger partial charge in [-0.2, -0.15) is 0 Å². The minimum absolute atomic E-state index is 0.0697. The molecule has 0 bridgehead atoms. The van der Waals surface area contributed by atoms with Gasteiger partial charge >= 0.3 is 5.97 Å². The number of carbonyl (C=O) groups is 1. The quantitative estimate of drug-likeness (QED) is 0.171. The number of methoxy groups -OCH3 is 1. The summed E-state index contributed by atoms with van der Waals surface area (Å²) in [5.41, 5.74) is 0.696. The van der Waals surface area contributed by atoms with E-state index in [1.54, 1.807) is 54.1 Å². The van der Waals surface area contributed by atoms with E-state index in [-0.39, 0.29) is 51.5 Å². The Morgan fingerprint density at radius 2 is 1.76 bits per heavy atom. The monoisotopic (exact) mass is 553 g/mol. The second kappa shape index (κ2) is 9.85. The zero-order valence-corrected chi connectivity index (χ0v) is 22.6. The van der Waals surface area contributed by atoms with Crippen LogP contribution in [-0.2, 0) is 11.3 Å². The molecule has 6 rings (SSSR count). The van der Waals surface area contributed by atoms with E-state index in [0.29, 0.717) is 28.8 Å². The molecule has 9 nitrogen and oxygen atoms in total. The van der Waals surface area contributed by atoms with Gasteiger partial charge in [0.15, 0.2) is 16.9 Å². The molecule has 0 amide bonds. The van der Waals surface area contributed by atoms with Crippen LogP contribution in [0.5, 0.6) is 23.0 Å². The van der Waals surface area contributed by atoms with Crippen LogP contribution in [0.2, 0.25) is 0 Å². The summed E-state index contributed by atoms with van der Waals surface area (Å²) in [6.07, 6.45) is -0.252. The van der Waals surface area contributed by atoms with Crippen LogP contribution < -0.4 is 20.5 Å². The number of aromatic nitrogens is 1. The lowest BCUT2D eigenvalue weighted by atomic mass is 9.84. The lowest BCUT2D eigenvalue weighted by Gasteiger charge is -2.27. The molecular weight excluding hydrogens is 526 g/mol. The van der Waals surface area contributed by atoms with Gasteiger partial charge in [0, 0.05) is 35.0 Å². The van der Waals surface area contributed by atoms with Gasteiger partial charge in [0.25, 0.3) is 5.56 Å². The van der Waals surface area contributed by atoms with Crippen LogP contribution in [0.15, 0.2) is 74.7 Å². The minimum atomic E-state index is -0.948. The molecule has 3 heterocycles. The van der Waals surface area contributed by atoms with Crippen molar-refractivity contribution in [3.63, 3.8) is 0 Å². The maximum absolute atomic E-state index is 14.1. The second-order valence-electron chi connectivity index (χ2n) is 10.5. The summed E-state index contributed by atoms with van der Waals surface area (Å²) in [4.78, 5) is 40.3. The summed E-state index contributed by atoms with van der Waals surface area (Å²) in [6, 6.07) is 17.2. The fourth-order valence-corrected chi connectivity index (χ4v) is 5.53. The summed E-state index contributed by atoms with van der Waals surface area (Å²) < 4.78 is 18.7. The highest BCUT2D eigenvalue weighted by molar-refractivity contribution is 5.96. The Kier molecular flexibility index (Phi) is 6.29. The highest BCUT2D eigenvalue weighted by Gasteiger charge is 2.38. The maximum Gasteiger partial charge on any atom is 0.312 e. The van der Waals surface area contributed by atoms with E-state index in [0.717, 1.165) is 0 Å². The SMILES string of the molecule is COc1ccc2c(c1)cc([C@@H]1CC(=O)Oc3c(O)c(O)c4c(=O)cc(-c5ccccc5)oc4c31)c(=O)n2CC(C)C. The van der Waals surface area contributed by atoms with Gasteiger partial charge in [-0.3, -0.25) is 14.4 Å². The highest BCUT2D eigenvalue weighted by Crippen LogP contribution is 2.52. The van der Waals surface area contributed by atoms with Gasteiger partial charge in [0.1, 0.15) is 22.5 Å². The summed E-state index contributed by atoms with van der Waals surface area (Å²) >= 11 is 0. The predicted molar refractivity (Wildman–Crippen MR) is 153 cm³/mol. The summed E-state index contributed by atoms with van der Waals surface area (Å²) in [5.74, 6) is -2.60. The Morgan fingerprint density at radius 1 is 1.00 bits per heavy atom. The van der Waals surface area contributed by atoms with Crippen molar-refractivity contribution >= 4 is 27.8 Å². The van der Waals surface area contributed by atoms with Crippen LogP contribution in [0.1, 0.15) is 37.3 Å². The number of ether oxygens (including phenoxy) is 2. The van der Waals surface area contributed by atoms with E-state index in [9.17, 15) is 24.6 Å². The Bertz CT molecular complexity index is 1970. The van der Waals surface area contributed by atoms with Crippen molar-refractivity contribution < 1.29 is 28.9 Å². The number of phenolic OH excluding ortho intramolecular Hbond substituents is 2. The number of esters is 1. The van der Waals surface area contributed by atoms with Gasteiger partial charge < -0.3 is 28.7 Å². The van der Waals surface area contributed by atoms with Crippen LogP contribution in [0, 0.1) is 5.92 Å². The molecule has 0 saturated heterocycles. The first-order valence-corrected chi connectivity index (χ1v) is 13.2. The lowest BCUT2D eigenvalue weighted by molar-refractivity contribution is -0.135. The van der Waals surface area contributed by atoms with E-state index in [4.69, 9.17) is 13.9 Å². The summed E-state index contributed by atoms with van der Waals surface area (Å²) in [5, 5.41) is 22.2. The number of nitrogens with zero attached hydrogens (tertiary/aromatic N) is 1. The number of hydrogen-bond acceptors (Lipinski definition) is 8. The third kappa shape index (κ3) is 4.30. The van der Waals surface area contributed by atoms with Crippen LogP contribution >= 0.6 is 0 Å². The molecule has 0 radical (unpaired) electrons. The lowest BCUT2D eigenvalue weighted by Crippen LogP contribution is -2.31. The largest absolute Gasteiger partial charge is 0.504 e. The Hall–Kier alpha value is -5.05. The number of aromatic hydroxyl groups is 2. The number of rotatable bonds is 5. The van der Waals surface area contributed by atoms with Crippen LogP contribution in [0.3, 0.4) is 0 Å². The molecule has 2 aromatic heterocycles. The van der Waals surface area contributed by atoms with Gasteiger partial charge in [-0.05, 0) is 30.2 Å². The molecule has 208 valence electrons. The molecule has 3 aromatic carbocycles. The first-order chi connectivity index (χ1) is 19.7. The van der Waals surface area contributed by atoms with Gasteiger partial charge in [-0.25, -0.2) is 0 Å². The zero-order chi connectivity index (χ0) is 29.0. The topological polar surface area (TPSA) is 128 Å². The van der Waals surface area contributed by atoms with Crippen molar-refractivity contribution in [1.29, 1.82) is 0 Å². The fourth-order valence-electron chi connectivity index (χ4n) is 5.53. The molecule has 1 aliphatic rings. The predicted octanol–water partition coefficient (Wildman–Crippen LogP) is 5.29. The third-order valence-electron chi connectivity index (χ3n) is 7.36. The number of hydrogen-bond donors (Lipinski definition) is 2. The molecule has 1 atom stereocenters. The summed E-state index contributed by atoms with van der Waals surface area (Å²) in [6.45, 7) is 4.40. The molecule has 0 spiro atoms. The number of pyridine rings is 1. The normalized spacial score (nSPS) is 14.8. The minimum Gasteiger partial charge on any atom is -0.504 e. The van der Waals surface area contributed by atoms with Crippen molar-refractivity contribution in [1.82, 2.24) is 4.57 Å². The van der Waals surface area contributed by atoms with E-state index in [1.165, 1.54) is 6.07 Å². The third-order valence-corrected chi connectivity index (χ3v) is 7.36. The average molecular weight is 554 g/mol. The molecule has 9 heteroatoms. The smallest absolute Gasteiger partial charge is 0.312 e. The average Bonchev–Trinajstić information content (AvgIpc) is 2.96. The van der Waals surface area contributed by atoms with Crippen LogP contribution in [0.25, 0.3) is 33.2 Å². The zero-order valence-electron chi connectivity index (χ0n) is 22.6. The van der Waals surface area contributed by atoms with Crippen molar-refractivity contribution in [2.45, 2.75) is 32.7 Å². The van der Waals surface area contributed by atoms with Gasteiger partial charge in [0.05, 0.1) is 24.6 Å². The Balaban J connectivity index is 1.71. The van der Waals surface area contributed by atoms with Crippen molar-refractivity contribution in [3.8, 4) is 34.3 Å². The van der Waals surface area contributed by atoms with Gasteiger partial charge in [-0.15, -0.1) is 0 Å². The molecular formula is C32H27NO8. The fraction of sp³-hybridized carbons (Fsp3) is 0.219. The molecule has 41 heavy (non-hydrogen) atoms. The van der Waals surface area contributed by atoms with Gasteiger partial charge in [0.2, 0.25) is 5.75 Å². The molecule has 0 aliphatic carbocycles. The van der Waals surface area contributed by atoms with Crippen LogP contribution in [-0.4, -0.2) is 27.9 Å². The van der Waals surface area contributed by atoms with E-state index in [2.05, 4.69) is 0 Å². The van der Waals surface area contributed by atoms with E-state index < -0.39 is 28.8 Å². The molecule has 2 N–H and O–H groups in total. The van der Waals surface area contributed by atoms with Crippen molar-refractivity contribution in [2.24, 2.45) is 5.92 Å². The highest BCUT2D eigenvalue weighted by atomic mass is 16.5. The van der Waals surface area contributed by atoms with E-state index in [1.807, 2.05) is 26.0 Å². The number of benzene rings is 3.